The topological polar surface area (TPSA) is 175 Å². The Balaban J connectivity index is 1.91. The molecule has 0 aromatic heterocycles. The monoisotopic (exact) mass is 1230 g/mol. The Bertz CT molecular complexity index is 1630. The van der Waals surface area contributed by atoms with Gasteiger partial charge in [0.2, 0.25) is 5.91 Å². The minimum atomic E-state index is -1.58. The summed E-state index contributed by atoms with van der Waals surface area (Å²) in [4.78, 5) is 25.1. The Morgan fingerprint density at radius 3 is 1.22 bits per heavy atom. The molecule has 0 radical (unpaired) electrons. The third-order valence-corrected chi connectivity index (χ3v) is 17.3. The fourth-order valence-electron chi connectivity index (χ4n) is 11.5. The highest BCUT2D eigenvalue weighted by molar-refractivity contribution is 5.76. The second kappa shape index (κ2) is 64.9. The van der Waals surface area contributed by atoms with E-state index in [0.29, 0.717) is 19.4 Å². The maximum absolute atomic E-state index is 13.0. The molecule has 0 saturated carbocycles. The third-order valence-electron chi connectivity index (χ3n) is 17.3. The van der Waals surface area contributed by atoms with Crippen molar-refractivity contribution < 1.29 is 49.3 Å². The molecule has 0 aliphatic carbocycles. The summed E-state index contributed by atoms with van der Waals surface area (Å²) in [5.74, 6) is -0.190. The van der Waals surface area contributed by atoms with Crippen molar-refractivity contribution in [2.45, 2.75) is 391 Å². The Morgan fingerprint density at radius 2 is 0.782 bits per heavy atom. The van der Waals surface area contributed by atoms with Crippen molar-refractivity contribution in [3.8, 4) is 0 Å². The summed E-state index contributed by atoms with van der Waals surface area (Å²) in [5.41, 5.74) is 0. The highest BCUT2D eigenvalue weighted by Gasteiger charge is 2.44. The molecule has 508 valence electrons. The van der Waals surface area contributed by atoms with Gasteiger partial charge in [-0.3, -0.25) is 9.59 Å². The summed E-state index contributed by atoms with van der Waals surface area (Å²) >= 11 is 0. The lowest BCUT2D eigenvalue weighted by atomic mass is 9.99. The zero-order chi connectivity index (χ0) is 63.0. The van der Waals surface area contributed by atoms with E-state index < -0.39 is 49.5 Å². The van der Waals surface area contributed by atoms with Crippen LogP contribution in [0.15, 0.2) is 60.8 Å². The van der Waals surface area contributed by atoms with Gasteiger partial charge in [0.15, 0.2) is 6.29 Å². The molecular formula is C76H139NO10. The largest absolute Gasteiger partial charge is 0.466 e. The molecule has 1 fully saturated rings. The maximum Gasteiger partial charge on any atom is 0.305 e. The summed E-state index contributed by atoms with van der Waals surface area (Å²) in [6, 6.07) is -0.826. The van der Waals surface area contributed by atoms with Gasteiger partial charge in [-0.05, 0) is 103 Å². The van der Waals surface area contributed by atoms with E-state index in [0.717, 1.165) is 64.2 Å². The number of unbranched alkanes of at least 4 members (excludes halogenated alkanes) is 43. The molecule has 7 atom stereocenters. The summed E-state index contributed by atoms with van der Waals surface area (Å²) in [5, 5.41) is 54.3. The van der Waals surface area contributed by atoms with Crippen molar-refractivity contribution in [2.24, 2.45) is 0 Å². The molecule has 1 rings (SSSR count). The van der Waals surface area contributed by atoms with E-state index in [1.807, 2.05) is 6.08 Å². The van der Waals surface area contributed by atoms with Crippen LogP contribution in [-0.2, 0) is 23.8 Å². The number of nitrogens with one attached hydrogen (secondary N) is 1. The number of carbonyl (C=O) groups is 2. The van der Waals surface area contributed by atoms with Gasteiger partial charge >= 0.3 is 5.97 Å². The van der Waals surface area contributed by atoms with Crippen LogP contribution in [0.25, 0.3) is 0 Å². The number of ether oxygens (including phenoxy) is 3. The Labute approximate surface area is 535 Å². The van der Waals surface area contributed by atoms with E-state index in [1.165, 1.54) is 257 Å². The minimum absolute atomic E-state index is 0.00121. The van der Waals surface area contributed by atoms with Gasteiger partial charge in [0, 0.05) is 12.8 Å². The molecule has 11 nitrogen and oxygen atoms in total. The SMILES string of the molecule is CCCCCC/C=C/CC/C=C/C(O)C(COC1OC(CO)C(O)C(O)C1O)NC(=O)CCCCCCCCCCCCCCCCCCC/C=C\C/C=C\CCCCCCCCCCCCCOC(=O)CCCCCCC/C=C\CCCCCCC. The number of rotatable bonds is 65. The van der Waals surface area contributed by atoms with E-state index in [-0.39, 0.29) is 18.5 Å². The standard InChI is InChI=1S/C76H139NO10/c1-3-5-7-9-11-13-15-16-41-44-48-52-56-60-64-72(81)85-65-61-57-53-49-45-42-39-37-35-33-31-29-27-25-23-21-19-17-18-20-22-24-26-28-30-32-34-36-38-40-43-47-51-55-59-63-71(80)77-68(67-86-76-75(84)74(83)73(82)70(66-78)87-76)69(79)62-58-54-50-46-14-12-10-8-6-4-2/h14-16,19,21,25,27,46,58,62,68-70,73-76,78-79,82-84H,3-13,17-18,20,22-24,26,28-45,47-57,59-61,63-67H2,1-2H3,(H,77,80)/b16-15-,21-19-,27-25-,46-14+,62-58+. The summed E-state index contributed by atoms with van der Waals surface area (Å²) in [6.07, 6.45) is 76.7. The van der Waals surface area contributed by atoms with Gasteiger partial charge < -0.3 is 45.1 Å². The molecule has 0 aromatic carbocycles. The first-order chi connectivity index (χ1) is 42.7. The maximum atomic E-state index is 13.0. The van der Waals surface area contributed by atoms with Gasteiger partial charge in [-0.25, -0.2) is 0 Å². The molecular weight excluding hydrogens is 1090 g/mol. The van der Waals surface area contributed by atoms with Crippen LogP contribution < -0.4 is 5.32 Å². The predicted octanol–water partition coefficient (Wildman–Crippen LogP) is 19.3. The average Bonchev–Trinajstić information content (AvgIpc) is 2.25. The van der Waals surface area contributed by atoms with Gasteiger partial charge in [0.05, 0.1) is 32.0 Å². The van der Waals surface area contributed by atoms with Crippen LogP contribution in [0.3, 0.4) is 0 Å². The number of amides is 1. The smallest absolute Gasteiger partial charge is 0.305 e. The number of hydrogen-bond donors (Lipinski definition) is 6. The lowest BCUT2D eigenvalue weighted by molar-refractivity contribution is -0.302. The number of hydrogen-bond acceptors (Lipinski definition) is 10. The molecule has 0 spiro atoms. The van der Waals surface area contributed by atoms with Crippen LogP contribution in [0, 0.1) is 0 Å². The molecule has 1 aliphatic rings. The van der Waals surface area contributed by atoms with Crippen molar-refractivity contribution in [3.05, 3.63) is 60.8 Å². The highest BCUT2D eigenvalue weighted by Crippen LogP contribution is 2.23. The second-order valence-corrected chi connectivity index (χ2v) is 25.6. The first-order valence-corrected chi connectivity index (χ1v) is 37.1. The first-order valence-electron chi connectivity index (χ1n) is 37.1. The van der Waals surface area contributed by atoms with E-state index in [9.17, 15) is 35.1 Å². The van der Waals surface area contributed by atoms with Crippen LogP contribution in [0.1, 0.15) is 348 Å². The van der Waals surface area contributed by atoms with E-state index in [1.54, 1.807) is 6.08 Å². The number of aliphatic hydroxyl groups excluding tert-OH is 5. The van der Waals surface area contributed by atoms with Crippen LogP contribution in [-0.4, -0.2) is 100 Å². The first kappa shape index (κ1) is 82.4. The van der Waals surface area contributed by atoms with Gasteiger partial charge in [0.1, 0.15) is 24.4 Å². The van der Waals surface area contributed by atoms with Crippen LogP contribution in [0.5, 0.6) is 0 Å². The van der Waals surface area contributed by atoms with Crippen molar-refractivity contribution in [1.82, 2.24) is 5.32 Å². The molecule has 87 heavy (non-hydrogen) atoms. The van der Waals surface area contributed by atoms with Gasteiger partial charge in [0.25, 0.3) is 0 Å². The quantitative estimate of drug-likeness (QED) is 0.0195. The molecule has 1 heterocycles. The van der Waals surface area contributed by atoms with Gasteiger partial charge in [-0.1, -0.05) is 293 Å². The normalized spacial score (nSPS) is 18.2. The highest BCUT2D eigenvalue weighted by atomic mass is 16.7. The second-order valence-electron chi connectivity index (χ2n) is 25.6. The fraction of sp³-hybridized carbons (Fsp3) is 0.842. The van der Waals surface area contributed by atoms with Crippen molar-refractivity contribution in [1.29, 1.82) is 0 Å². The van der Waals surface area contributed by atoms with Crippen molar-refractivity contribution >= 4 is 11.9 Å². The summed E-state index contributed by atoms with van der Waals surface area (Å²) in [7, 11) is 0. The van der Waals surface area contributed by atoms with E-state index >= 15 is 0 Å². The molecule has 11 heteroatoms. The van der Waals surface area contributed by atoms with E-state index in [2.05, 4.69) is 67.8 Å². The molecule has 0 bridgehead atoms. The zero-order valence-electron chi connectivity index (χ0n) is 56.5. The molecule has 7 unspecified atom stereocenters. The van der Waals surface area contributed by atoms with E-state index in [4.69, 9.17) is 14.2 Å². The van der Waals surface area contributed by atoms with Gasteiger partial charge in [-0.2, -0.15) is 0 Å². The predicted molar refractivity (Wildman–Crippen MR) is 366 cm³/mol. The number of aliphatic hydroxyl groups is 5. The van der Waals surface area contributed by atoms with Crippen LogP contribution in [0.2, 0.25) is 0 Å². The van der Waals surface area contributed by atoms with Crippen molar-refractivity contribution in [3.63, 3.8) is 0 Å². The molecule has 1 aliphatic heterocycles. The number of carbonyl (C=O) groups excluding carboxylic acids is 2. The Hall–Kier alpha value is -2.64. The minimum Gasteiger partial charge on any atom is -0.466 e. The molecule has 6 N–H and O–H groups in total. The zero-order valence-corrected chi connectivity index (χ0v) is 56.5. The van der Waals surface area contributed by atoms with Crippen molar-refractivity contribution in [2.75, 3.05) is 19.8 Å². The Kier molecular flexibility index (Phi) is 61.4. The molecule has 1 amide bonds. The molecule has 0 aromatic rings. The lowest BCUT2D eigenvalue weighted by Gasteiger charge is -2.40. The van der Waals surface area contributed by atoms with Crippen LogP contribution in [0.4, 0.5) is 0 Å². The molecule has 1 saturated heterocycles. The van der Waals surface area contributed by atoms with Crippen LogP contribution >= 0.6 is 0 Å². The number of allylic oxidation sites excluding steroid dienone is 9. The summed E-state index contributed by atoms with van der Waals surface area (Å²) in [6.45, 7) is 4.31. The third kappa shape index (κ3) is 53.7. The Morgan fingerprint density at radius 1 is 0.425 bits per heavy atom. The lowest BCUT2D eigenvalue weighted by Crippen LogP contribution is -2.60. The average molecular weight is 1230 g/mol. The number of esters is 1. The summed E-state index contributed by atoms with van der Waals surface area (Å²) < 4.78 is 16.7. The fourth-order valence-corrected chi connectivity index (χ4v) is 11.5. The van der Waals surface area contributed by atoms with Gasteiger partial charge in [-0.15, -0.1) is 0 Å².